The van der Waals surface area contributed by atoms with Crippen molar-refractivity contribution >= 4 is 33.2 Å². The fraction of sp³-hybridized carbons (Fsp3) is 0.154. The lowest BCUT2D eigenvalue weighted by Gasteiger charge is -2.15. The molecule has 2 nitrogen and oxygen atoms in total. The van der Waals surface area contributed by atoms with Crippen molar-refractivity contribution < 1.29 is 0 Å². The first-order valence-electron chi connectivity index (χ1n) is 5.29. The normalized spacial score (nSPS) is 12.2. The van der Waals surface area contributed by atoms with Gasteiger partial charge in [0.25, 0.3) is 0 Å². The van der Waals surface area contributed by atoms with Gasteiger partial charge in [-0.25, -0.2) is 4.98 Å². The molecule has 0 fully saturated rings. The number of benzene rings is 1. The third-order valence-electron chi connectivity index (χ3n) is 2.46. The lowest BCUT2D eigenvalue weighted by atomic mass is 10.1. The molecule has 88 valence electrons. The fourth-order valence-electron chi connectivity index (χ4n) is 1.60. The molecule has 1 atom stereocenters. The van der Waals surface area contributed by atoms with Gasteiger partial charge in [-0.2, -0.15) is 0 Å². The third kappa shape index (κ3) is 3.45. The van der Waals surface area contributed by atoms with Crippen LogP contribution in [-0.4, -0.2) is 4.98 Å². The van der Waals surface area contributed by atoms with Gasteiger partial charge in [-0.3, -0.25) is 0 Å². The molecule has 0 amide bonds. The highest BCUT2D eigenvalue weighted by molar-refractivity contribution is 9.10. The highest BCUT2D eigenvalue weighted by Crippen LogP contribution is 2.22. The zero-order chi connectivity index (χ0) is 12.3. The summed E-state index contributed by atoms with van der Waals surface area (Å²) in [6, 6.07) is 12.2. The SMILES string of the molecule is CC(Nc1ccnc(Cl)c1)c1cccc(Br)c1. The van der Waals surface area contributed by atoms with Gasteiger partial charge in [0.1, 0.15) is 5.15 Å². The van der Waals surface area contributed by atoms with Crippen LogP contribution in [-0.2, 0) is 0 Å². The van der Waals surface area contributed by atoms with E-state index in [1.165, 1.54) is 5.56 Å². The zero-order valence-electron chi connectivity index (χ0n) is 9.32. The molecule has 0 bridgehead atoms. The summed E-state index contributed by atoms with van der Waals surface area (Å²) in [6.07, 6.45) is 1.69. The van der Waals surface area contributed by atoms with Gasteiger partial charge in [-0.15, -0.1) is 0 Å². The molecule has 0 spiro atoms. The number of hydrogen-bond acceptors (Lipinski definition) is 2. The second-order valence-corrected chi connectivity index (χ2v) is 5.09. The Morgan fingerprint density at radius 3 is 2.82 bits per heavy atom. The van der Waals surface area contributed by atoms with Crippen molar-refractivity contribution in [1.29, 1.82) is 0 Å². The molecule has 4 heteroatoms. The number of hydrogen-bond donors (Lipinski definition) is 1. The van der Waals surface area contributed by atoms with Crippen LogP contribution in [0.3, 0.4) is 0 Å². The third-order valence-corrected chi connectivity index (χ3v) is 3.16. The van der Waals surface area contributed by atoms with Crippen LogP contribution in [0.1, 0.15) is 18.5 Å². The van der Waals surface area contributed by atoms with Gasteiger partial charge in [0.05, 0.1) is 0 Å². The number of nitrogens with zero attached hydrogens (tertiary/aromatic N) is 1. The van der Waals surface area contributed by atoms with Gasteiger partial charge in [-0.05, 0) is 36.8 Å². The van der Waals surface area contributed by atoms with E-state index in [1.807, 2.05) is 24.3 Å². The minimum absolute atomic E-state index is 0.214. The number of rotatable bonds is 3. The molecule has 2 aromatic rings. The maximum absolute atomic E-state index is 5.84. The minimum atomic E-state index is 0.214. The van der Waals surface area contributed by atoms with Crippen LogP contribution < -0.4 is 5.32 Å². The molecule has 1 aromatic heterocycles. The predicted octanol–water partition coefficient (Wildman–Crippen LogP) is 4.67. The van der Waals surface area contributed by atoms with Crippen LogP contribution >= 0.6 is 27.5 Å². The van der Waals surface area contributed by atoms with E-state index in [9.17, 15) is 0 Å². The molecule has 0 aliphatic rings. The number of pyridine rings is 1. The molecule has 0 saturated carbocycles. The summed E-state index contributed by atoms with van der Waals surface area (Å²) in [5, 5.41) is 3.88. The number of halogens is 2. The molecule has 2 rings (SSSR count). The van der Waals surface area contributed by atoms with E-state index in [2.05, 4.69) is 45.3 Å². The maximum Gasteiger partial charge on any atom is 0.131 e. The Hall–Kier alpha value is -1.06. The molecule has 0 aliphatic carbocycles. The summed E-state index contributed by atoms with van der Waals surface area (Å²) in [5.41, 5.74) is 2.18. The number of aromatic nitrogens is 1. The lowest BCUT2D eigenvalue weighted by molar-refractivity contribution is 0.883. The number of anilines is 1. The van der Waals surface area contributed by atoms with E-state index in [1.54, 1.807) is 6.20 Å². The molecule has 1 aromatic carbocycles. The molecule has 1 N–H and O–H groups in total. The highest BCUT2D eigenvalue weighted by atomic mass is 79.9. The van der Waals surface area contributed by atoms with E-state index >= 15 is 0 Å². The Balaban J connectivity index is 2.14. The van der Waals surface area contributed by atoms with Crippen molar-refractivity contribution in [3.8, 4) is 0 Å². The Kier molecular flexibility index (Phi) is 4.02. The smallest absolute Gasteiger partial charge is 0.131 e. The van der Waals surface area contributed by atoms with Gasteiger partial charge >= 0.3 is 0 Å². The summed E-state index contributed by atoms with van der Waals surface area (Å²) in [7, 11) is 0. The van der Waals surface area contributed by atoms with Crippen molar-refractivity contribution in [2.45, 2.75) is 13.0 Å². The Labute approximate surface area is 114 Å². The van der Waals surface area contributed by atoms with Gasteiger partial charge in [-0.1, -0.05) is 39.7 Å². The summed E-state index contributed by atoms with van der Waals surface area (Å²) >= 11 is 9.31. The van der Waals surface area contributed by atoms with E-state index in [0.29, 0.717) is 5.15 Å². The summed E-state index contributed by atoms with van der Waals surface area (Å²) in [5.74, 6) is 0. The molecule has 0 aliphatic heterocycles. The molecule has 1 heterocycles. The second kappa shape index (κ2) is 5.52. The number of nitrogens with one attached hydrogen (secondary N) is 1. The average Bonchev–Trinajstić information content (AvgIpc) is 2.29. The largest absolute Gasteiger partial charge is 0.378 e. The molecule has 17 heavy (non-hydrogen) atoms. The van der Waals surface area contributed by atoms with Crippen LogP contribution in [0.15, 0.2) is 47.1 Å². The first-order chi connectivity index (χ1) is 8.15. The van der Waals surface area contributed by atoms with Crippen LogP contribution in [0.4, 0.5) is 5.69 Å². The van der Waals surface area contributed by atoms with E-state index in [0.717, 1.165) is 10.2 Å². The van der Waals surface area contributed by atoms with Gasteiger partial charge in [0, 0.05) is 22.4 Å². The van der Waals surface area contributed by atoms with E-state index in [4.69, 9.17) is 11.6 Å². The van der Waals surface area contributed by atoms with Crippen LogP contribution in [0.5, 0.6) is 0 Å². The highest BCUT2D eigenvalue weighted by Gasteiger charge is 2.05. The quantitative estimate of drug-likeness (QED) is 0.833. The van der Waals surface area contributed by atoms with Crippen molar-refractivity contribution in [2.24, 2.45) is 0 Å². The van der Waals surface area contributed by atoms with E-state index < -0.39 is 0 Å². The predicted molar refractivity (Wildman–Crippen MR) is 75.4 cm³/mol. The van der Waals surface area contributed by atoms with Crippen LogP contribution in [0, 0.1) is 0 Å². The average molecular weight is 312 g/mol. The zero-order valence-corrected chi connectivity index (χ0v) is 11.7. The minimum Gasteiger partial charge on any atom is -0.378 e. The van der Waals surface area contributed by atoms with Gasteiger partial charge in [0.15, 0.2) is 0 Å². The van der Waals surface area contributed by atoms with Crippen molar-refractivity contribution in [3.05, 3.63) is 57.8 Å². The molecular weight excluding hydrogens is 300 g/mol. The lowest BCUT2D eigenvalue weighted by Crippen LogP contribution is -2.06. The second-order valence-electron chi connectivity index (χ2n) is 3.79. The first-order valence-corrected chi connectivity index (χ1v) is 6.46. The molecule has 0 saturated heterocycles. The van der Waals surface area contributed by atoms with Crippen LogP contribution in [0.25, 0.3) is 0 Å². The summed E-state index contributed by atoms with van der Waals surface area (Å²) in [4.78, 5) is 3.95. The van der Waals surface area contributed by atoms with Crippen molar-refractivity contribution in [2.75, 3.05) is 5.32 Å². The Bertz CT molecular complexity index is 516. The monoisotopic (exact) mass is 310 g/mol. The van der Waals surface area contributed by atoms with Crippen LogP contribution in [0.2, 0.25) is 5.15 Å². The van der Waals surface area contributed by atoms with Gasteiger partial charge < -0.3 is 5.32 Å². The topological polar surface area (TPSA) is 24.9 Å². The molecular formula is C13H12BrClN2. The summed E-state index contributed by atoms with van der Waals surface area (Å²) in [6.45, 7) is 2.11. The van der Waals surface area contributed by atoms with E-state index in [-0.39, 0.29) is 6.04 Å². The molecule has 1 unspecified atom stereocenters. The van der Waals surface area contributed by atoms with Crippen molar-refractivity contribution in [3.63, 3.8) is 0 Å². The maximum atomic E-state index is 5.84. The Morgan fingerprint density at radius 1 is 1.29 bits per heavy atom. The Morgan fingerprint density at radius 2 is 2.12 bits per heavy atom. The molecule has 0 radical (unpaired) electrons. The van der Waals surface area contributed by atoms with Gasteiger partial charge in [0.2, 0.25) is 0 Å². The first kappa shape index (κ1) is 12.4. The van der Waals surface area contributed by atoms with Crippen molar-refractivity contribution in [1.82, 2.24) is 4.98 Å². The fourth-order valence-corrected chi connectivity index (χ4v) is 2.19. The standard InChI is InChI=1S/C13H12BrClN2/c1-9(10-3-2-4-11(14)7-10)17-12-5-6-16-13(15)8-12/h2-9H,1H3,(H,16,17). The summed E-state index contributed by atoms with van der Waals surface area (Å²) < 4.78 is 1.08.